The molecule has 0 aliphatic rings. The van der Waals surface area contributed by atoms with Crippen LogP contribution in [0.25, 0.3) is 11.4 Å². The van der Waals surface area contributed by atoms with Gasteiger partial charge in [-0.3, -0.25) is 14.3 Å². The molecule has 0 radical (unpaired) electrons. The van der Waals surface area contributed by atoms with E-state index in [0.29, 0.717) is 35.3 Å². The molecule has 0 fully saturated rings. The van der Waals surface area contributed by atoms with Crippen molar-refractivity contribution in [3.05, 3.63) is 34.1 Å². The minimum absolute atomic E-state index is 0.0212. The van der Waals surface area contributed by atoms with Gasteiger partial charge in [-0.15, -0.1) is 0 Å². The third-order valence-electron chi connectivity index (χ3n) is 5.17. The van der Waals surface area contributed by atoms with Crippen molar-refractivity contribution in [3.8, 4) is 11.4 Å². The van der Waals surface area contributed by atoms with E-state index >= 15 is 0 Å². The molecule has 1 aromatic heterocycles. The Hall–Kier alpha value is -1.70. The molecular formula is C22H34ClN5OS. The van der Waals surface area contributed by atoms with Gasteiger partial charge in [0.15, 0.2) is 10.6 Å². The quantitative estimate of drug-likeness (QED) is 0.472. The maximum atomic E-state index is 12.3. The fraction of sp³-hybridized carbons (Fsp3) is 0.591. The van der Waals surface area contributed by atoms with Crippen molar-refractivity contribution in [1.29, 1.82) is 0 Å². The second-order valence-electron chi connectivity index (χ2n) is 7.66. The molecule has 0 saturated heterocycles. The standard InChI is InChI=1S/C22H34ClN5OS/c1-5-7-14-27-21(18-8-10-19(23)11-9-18)25-28(22(27)30)15-12-20(29)24-13-16-26(6-2)17(3)4/h8-11,17H,5-7,12-16H2,1-4H3,(H,24,29). The molecule has 166 valence electrons. The van der Waals surface area contributed by atoms with Crippen LogP contribution in [0.1, 0.15) is 47.0 Å². The third-order valence-corrected chi connectivity index (χ3v) is 5.85. The molecule has 0 spiro atoms. The number of aromatic nitrogens is 3. The van der Waals surface area contributed by atoms with E-state index in [4.69, 9.17) is 28.9 Å². The number of carbonyl (C=O) groups is 1. The molecule has 0 aliphatic heterocycles. The molecule has 0 atom stereocenters. The first-order valence-corrected chi connectivity index (χ1v) is 11.6. The van der Waals surface area contributed by atoms with E-state index in [0.717, 1.165) is 43.9 Å². The predicted octanol–water partition coefficient (Wildman–Crippen LogP) is 4.77. The van der Waals surface area contributed by atoms with Gasteiger partial charge >= 0.3 is 0 Å². The van der Waals surface area contributed by atoms with E-state index in [9.17, 15) is 4.79 Å². The first-order chi connectivity index (χ1) is 14.4. The Morgan fingerprint density at radius 1 is 1.23 bits per heavy atom. The maximum Gasteiger partial charge on any atom is 0.221 e. The molecule has 30 heavy (non-hydrogen) atoms. The zero-order valence-electron chi connectivity index (χ0n) is 18.5. The Morgan fingerprint density at radius 3 is 2.53 bits per heavy atom. The smallest absolute Gasteiger partial charge is 0.221 e. The number of aryl methyl sites for hydroxylation is 1. The Morgan fingerprint density at radius 2 is 1.93 bits per heavy atom. The molecular weight excluding hydrogens is 418 g/mol. The van der Waals surface area contributed by atoms with Crippen LogP contribution in [0.15, 0.2) is 24.3 Å². The summed E-state index contributed by atoms with van der Waals surface area (Å²) >= 11 is 11.7. The number of hydrogen-bond donors (Lipinski definition) is 1. The van der Waals surface area contributed by atoms with Gasteiger partial charge in [-0.2, -0.15) is 5.10 Å². The second kappa shape index (κ2) is 12.2. The van der Waals surface area contributed by atoms with Gasteiger partial charge in [0.25, 0.3) is 0 Å². The summed E-state index contributed by atoms with van der Waals surface area (Å²) < 4.78 is 4.47. The normalized spacial score (nSPS) is 11.4. The lowest BCUT2D eigenvalue weighted by atomic mass is 10.2. The highest BCUT2D eigenvalue weighted by molar-refractivity contribution is 7.71. The van der Waals surface area contributed by atoms with Crippen molar-refractivity contribution >= 4 is 29.7 Å². The van der Waals surface area contributed by atoms with Crippen molar-refractivity contribution in [2.24, 2.45) is 0 Å². The molecule has 6 nitrogen and oxygen atoms in total. The number of amides is 1. The van der Waals surface area contributed by atoms with Gasteiger partial charge in [0.1, 0.15) is 0 Å². The maximum absolute atomic E-state index is 12.3. The van der Waals surface area contributed by atoms with Crippen LogP contribution in [-0.2, 0) is 17.9 Å². The van der Waals surface area contributed by atoms with Gasteiger partial charge in [0.05, 0.1) is 6.54 Å². The molecule has 0 saturated carbocycles. The number of rotatable bonds is 12. The van der Waals surface area contributed by atoms with E-state index in [2.05, 4.69) is 42.5 Å². The number of unbranched alkanes of at least 4 members (excludes halogenated alkanes) is 1. The summed E-state index contributed by atoms with van der Waals surface area (Å²) in [5, 5.41) is 8.42. The van der Waals surface area contributed by atoms with Crippen LogP contribution in [0, 0.1) is 4.77 Å². The van der Waals surface area contributed by atoms with Gasteiger partial charge in [0, 0.05) is 42.7 Å². The largest absolute Gasteiger partial charge is 0.355 e. The lowest BCUT2D eigenvalue weighted by Crippen LogP contribution is -2.38. The number of benzene rings is 1. The van der Waals surface area contributed by atoms with Crippen LogP contribution in [0.3, 0.4) is 0 Å². The average Bonchev–Trinajstić information content (AvgIpc) is 3.03. The van der Waals surface area contributed by atoms with Crippen molar-refractivity contribution in [2.45, 2.75) is 66.1 Å². The van der Waals surface area contributed by atoms with E-state index in [-0.39, 0.29) is 5.91 Å². The summed E-state index contributed by atoms with van der Waals surface area (Å²) in [6.45, 7) is 12.4. The summed E-state index contributed by atoms with van der Waals surface area (Å²) in [5.74, 6) is 0.842. The van der Waals surface area contributed by atoms with Crippen LogP contribution in [0.2, 0.25) is 5.02 Å². The van der Waals surface area contributed by atoms with E-state index in [1.807, 2.05) is 24.3 Å². The Bertz CT molecular complexity index is 859. The molecule has 0 aliphatic carbocycles. The third kappa shape index (κ3) is 6.93. The molecule has 8 heteroatoms. The van der Waals surface area contributed by atoms with Crippen LogP contribution in [-0.4, -0.2) is 50.8 Å². The van der Waals surface area contributed by atoms with Crippen LogP contribution >= 0.6 is 23.8 Å². The summed E-state index contributed by atoms with van der Waals surface area (Å²) in [7, 11) is 0. The molecule has 2 aromatic rings. The molecule has 1 heterocycles. The van der Waals surface area contributed by atoms with Gasteiger partial charge in [0.2, 0.25) is 5.91 Å². The average molecular weight is 452 g/mol. The lowest BCUT2D eigenvalue weighted by Gasteiger charge is -2.24. The monoisotopic (exact) mass is 451 g/mol. The Labute approximate surface area is 190 Å². The highest BCUT2D eigenvalue weighted by Crippen LogP contribution is 2.21. The zero-order valence-corrected chi connectivity index (χ0v) is 20.1. The van der Waals surface area contributed by atoms with Crippen molar-refractivity contribution in [3.63, 3.8) is 0 Å². The van der Waals surface area contributed by atoms with Crippen LogP contribution in [0.5, 0.6) is 0 Å². The molecule has 2 rings (SSSR count). The van der Waals surface area contributed by atoms with Crippen LogP contribution < -0.4 is 5.32 Å². The molecule has 1 N–H and O–H groups in total. The van der Waals surface area contributed by atoms with Crippen molar-refractivity contribution in [1.82, 2.24) is 24.6 Å². The Kier molecular flexibility index (Phi) is 10.0. The summed E-state index contributed by atoms with van der Waals surface area (Å²) in [5.41, 5.74) is 0.971. The van der Waals surface area contributed by atoms with Crippen molar-refractivity contribution < 1.29 is 4.79 Å². The number of nitrogens with zero attached hydrogens (tertiary/aromatic N) is 4. The lowest BCUT2D eigenvalue weighted by molar-refractivity contribution is -0.121. The molecule has 1 aromatic carbocycles. The van der Waals surface area contributed by atoms with Gasteiger partial charge in [-0.1, -0.05) is 31.9 Å². The molecule has 0 unspecified atom stereocenters. The summed E-state index contributed by atoms with van der Waals surface area (Å²) in [6, 6.07) is 8.09. The molecule has 1 amide bonds. The van der Waals surface area contributed by atoms with E-state index < -0.39 is 0 Å². The highest BCUT2D eigenvalue weighted by Gasteiger charge is 2.14. The topological polar surface area (TPSA) is 55.1 Å². The minimum atomic E-state index is 0.0212. The fourth-order valence-electron chi connectivity index (χ4n) is 3.33. The van der Waals surface area contributed by atoms with E-state index in [1.165, 1.54) is 0 Å². The molecule has 0 bridgehead atoms. The number of carbonyl (C=O) groups excluding carboxylic acids is 1. The first kappa shape index (κ1) is 24.6. The van der Waals surface area contributed by atoms with E-state index in [1.54, 1.807) is 4.68 Å². The van der Waals surface area contributed by atoms with Crippen LogP contribution in [0.4, 0.5) is 0 Å². The van der Waals surface area contributed by atoms with Gasteiger partial charge in [-0.25, -0.2) is 4.68 Å². The Balaban J connectivity index is 2.04. The first-order valence-electron chi connectivity index (χ1n) is 10.8. The van der Waals surface area contributed by atoms with Gasteiger partial charge < -0.3 is 5.32 Å². The summed E-state index contributed by atoms with van der Waals surface area (Å²) in [4.78, 5) is 14.6. The zero-order chi connectivity index (χ0) is 22.1. The number of halogens is 1. The highest BCUT2D eigenvalue weighted by atomic mass is 35.5. The SMILES string of the molecule is CCCCn1c(-c2ccc(Cl)cc2)nn(CCC(=O)NCCN(CC)C(C)C)c1=S. The predicted molar refractivity (Wildman–Crippen MR) is 126 cm³/mol. The van der Waals surface area contributed by atoms with Crippen molar-refractivity contribution in [2.75, 3.05) is 19.6 Å². The van der Waals surface area contributed by atoms with Gasteiger partial charge in [-0.05, 0) is 63.3 Å². The number of nitrogens with one attached hydrogen (secondary N) is 1. The number of hydrogen-bond acceptors (Lipinski definition) is 4. The number of likely N-dealkylation sites (N-methyl/N-ethyl adjacent to an activating group) is 1. The second-order valence-corrected chi connectivity index (χ2v) is 8.47. The fourth-order valence-corrected chi connectivity index (χ4v) is 3.77. The summed E-state index contributed by atoms with van der Waals surface area (Å²) in [6.07, 6.45) is 2.44. The minimum Gasteiger partial charge on any atom is -0.355 e.